The lowest BCUT2D eigenvalue weighted by Gasteiger charge is -2.02. The largest absolute Gasteiger partial charge is 0.507 e. The van der Waals surface area contributed by atoms with Crippen LogP contribution in [0.2, 0.25) is 0 Å². The van der Waals surface area contributed by atoms with Gasteiger partial charge in [-0.1, -0.05) is 18.2 Å². The molecule has 0 aliphatic carbocycles. The zero-order valence-corrected chi connectivity index (χ0v) is 7.94. The monoisotopic (exact) mass is 188 g/mol. The van der Waals surface area contributed by atoms with Crippen LogP contribution in [0.5, 0.6) is 5.75 Å². The van der Waals surface area contributed by atoms with Gasteiger partial charge in [-0.3, -0.25) is 0 Å². The van der Waals surface area contributed by atoms with Gasteiger partial charge in [0.2, 0.25) is 0 Å². The van der Waals surface area contributed by atoms with Gasteiger partial charge in [0.1, 0.15) is 5.75 Å². The maximum atomic E-state index is 9.63. The predicted octanol–water partition coefficient (Wildman–Crippen LogP) is 1.98. The summed E-state index contributed by atoms with van der Waals surface area (Å²) in [6, 6.07) is 7.17. The molecule has 0 bridgehead atoms. The van der Waals surface area contributed by atoms with E-state index in [1.165, 1.54) is 0 Å². The molecule has 0 saturated heterocycles. The van der Waals surface area contributed by atoms with E-state index in [9.17, 15) is 5.11 Å². The Morgan fingerprint density at radius 2 is 1.86 bits per heavy atom. The van der Waals surface area contributed by atoms with E-state index in [-0.39, 0.29) is 5.75 Å². The van der Waals surface area contributed by atoms with Crippen molar-refractivity contribution in [1.82, 2.24) is 4.57 Å². The van der Waals surface area contributed by atoms with Gasteiger partial charge in [0, 0.05) is 30.6 Å². The molecule has 0 fully saturated rings. The number of hydrogen-bond donors (Lipinski definition) is 2. The normalized spacial score (nSPS) is 10.4. The van der Waals surface area contributed by atoms with Crippen molar-refractivity contribution in [3.63, 3.8) is 0 Å². The number of aryl methyl sites for hydroxylation is 1. The zero-order chi connectivity index (χ0) is 10.1. The highest BCUT2D eigenvalue weighted by atomic mass is 16.3. The molecule has 2 rings (SSSR count). The Balaban J connectivity index is 2.60. The summed E-state index contributed by atoms with van der Waals surface area (Å²) in [4.78, 5) is 0. The average molecular weight is 188 g/mol. The number of aromatic nitrogens is 1. The van der Waals surface area contributed by atoms with Crippen LogP contribution >= 0.6 is 0 Å². The SMILES string of the molecule is Cn1cc(N)c(-c2ccccc2O)c1. The highest BCUT2D eigenvalue weighted by molar-refractivity contribution is 5.79. The summed E-state index contributed by atoms with van der Waals surface area (Å²) in [6.45, 7) is 0. The van der Waals surface area contributed by atoms with Crippen LogP contribution in [0.1, 0.15) is 0 Å². The molecule has 1 aromatic heterocycles. The van der Waals surface area contributed by atoms with Gasteiger partial charge < -0.3 is 15.4 Å². The van der Waals surface area contributed by atoms with Gasteiger partial charge in [-0.15, -0.1) is 0 Å². The summed E-state index contributed by atoms with van der Waals surface area (Å²) in [5.41, 5.74) is 8.12. The Hall–Kier alpha value is -1.90. The third-order valence-corrected chi connectivity index (χ3v) is 2.18. The van der Waals surface area contributed by atoms with Crippen molar-refractivity contribution >= 4 is 5.69 Å². The van der Waals surface area contributed by atoms with E-state index in [0.29, 0.717) is 5.69 Å². The molecular formula is C11H12N2O. The first kappa shape index (κ1) is 8.69. The van der Waals surface area contributed by atoms with Crippen molar-refractivity contribution in [2.75, 3.05) is 5.73 Å². The number of hydrogen-bond acceptors (Lipinski definition) is 2. The molecule has 3 heteroatoms. The number of nitrogen functional groups attached to an aromatic ring is 1. The van der Waals surface area contributed by atoms with Gasteiger partial charge >= 0.3 is 0 Å². The van der Waals surface area contributed by atoms with Gasteiger partial charge in [-0.05, 0) is 6.07 Å². The van der Waals surface area contributed by atoms with Crippen LogP contribution in [0.4, 0.5) is 5.69 Å². The number of rotatable bonds is 1. The first-order valence-corrected chi connectivity index (χ1v) is 4.38. The van der Waals surface area contributed by atoms with Crippen molar-refractivity contribution in [2.24, 2.45) is 7.05 Å². The summed E-state index contributed by atoms with van der Waals surface area (Å²) < 4.78 is 1.87. The smallest absolute Gasteiger partial charge is 0.123 e. The molecule has 0 unspecified atom stereocenters. The molecular weight excluding hydrogens is 176 g/mol. The fourth-order valence-electron chi connectivity index (χ4n) is 1.53. The van der Waals surface area contributed by atoms with Gasteiger partial charge in [0.05, 0.1) is 5.69 Å². The zero-order valence-electron chi connectivity index (χ0n) is 7.94. The number of para-hydroxylation sites is 1. The number of aromatic hydroxyl groups is 1. The predicted molar refractivity (Wildman–Crippen MR) is 56.9 cm³/mol. The van der Waals surface area contributed by atoms with Crippen LogP contribution < -0.4 is 5.73 Å². The fourth-order valence-corrected chi connectivity index (χ4v) is 1.53. The van der Waals surface area contributed by atoms with Crippen LogP contribution in [0.15, 0.2) is 36.7 Å². The minimum Gasteiger partial charge on any atom is -0.507 e. The van der Waals surface area contributed by atoms with Crippen LogP contribution in [0.3, 0.4) is 0 Å². The lowest BCUT2D eigenvalue weighted by Crippen LogP contribution is -1.84. The number of nitrogens with zero attached hydrogens (tertiary/aromatic N) is 1. The summed E-state index contributed by atoms with van der Waals surface area (Å²) in [6.07, 6.45) is 3.71. The van der Waals surface area contributed by atoms with Crippen molar-refractivity contribution in [3.05, 3.63) is 36.7 Å². The van der Waals surface area contributed by atoms with Crippen LogP contribution in [-0.4, -0.2) is 9.67 Å². The molecule has 0 atom stereocenters. The van der Waals surface area contributed by atoms with Crippen molar-refractivity contribution in [3.8, 4) is 16.9 Å². The quantitative estimate of drug-likeness (QED) is 0.719. The second-order valence-corrected chi connectivity index (χ2v) is 3.31. The summed E-state index contributed by atoms with van der Waals surface area (Å²) >= 11 is 0. The molecule has 0 saturated carbocycles. The molecule has 0 radical (unpaired) electrons. The second kappa shape index (κ2) is 3.10. The van der Waals surface area contributed by atoms with E-state index >= 15 is 0 Å². The highest BCUT2D eigenvalue weighted by Crippen LogP contribution is 2.32. The van der Waals surface area contributed by atoms with Crippen LogP contribution in [0, 0.1) is 0 Å². The van der Waals surface area contributed by atoms with Crippen molar-refractivity contribution < 1.29 is 5.11 Å². The number of nitrogens with two attached hydrogens (primary N) is 1. The summed E-state index contributed by atoms with van der Waals surface area (Å²) in [7, 11) is 1.90. The van der Waals surface area contributed by atoms with Gasteiger partial charge in [0.15, 0.2) is 0 Å². The second-order valence-electron chi connectivity index (χ2n) is 3.31. The minimum atomic E-state index is 0.255. The topological polar surface area (TPSA) is 51.2 Å². The highest BCUT2D eigenvalue weighted by Gasteiger charge is 2.08. The molecule has 1 aromatic carbocycles. The molecule has 14 heavy (non-hydrogen) atoms. The van der Waals surface area contributed by atoms with Crippen LogP contribution in [0.25, 0.3) is 11.1 Å². The molecule has 3 N–H and O–H groups in total. The van der Waals surface area contributed by atoms with Crippen molar-refractivity contribution in [2.45, 2.75) is 0 Å². The Bertz CT molecular complexity index is 460. The maximum Gasteiger partial charge on any atom is 0.123 e. The third kappa shape index (κ3) is 1.33. The number of phenols is 1. The summed E-state index contributed by atoms with van der Waals surface area (Å²) in [5, 5.41) is 9.63. The molecule has 0 aliphatic rings. The average Bonchev–Trinajstić information content (AvgIpc) is 2.46. The lowest BCUT2D eigenvalue weighted by atomic mass is 10.1. The first-order valence-electron chi connectivity index (χ1n) is 4.38. The summed E-state index contributed by atoms with van der Waals surface area (Å²) in [5.74, 6) is 0.255. The molecule has 0 aliphatic heterocycles. The van der Waals surface area contributed by atoms with E-state index in [1.54, 1.807) is 12.1 Å². The fraction of sp³-hybridized carbons (Fsp3) is 0.0909. The van der Waals surface area contributed by atoms with Gasteiger partial charge in [0.25, 0.3) is 0 Å². The first-order chi connectivity index (χ1) is 6.68. The van der Waals surface area contributed by atoms with E-state index in [1.807, 2.05) is 36.1 Å². The minimum absolute atomic E-state index is 0.255. The Labute approximate surface area is 82.4 Å². The van der Waals surface area contributed by atoms with E-state index < -0.39 is 0 Å². The number of benzene rings is 1. The number of phenolic OH excluding ortho intramolecular Hbond substituents is 1. The number of anilines is 1. The standard InChI is InChI=1S/C11H12N2O/c1-13-6-9(10(12)7-13)8-4-2-3-5-11(8)14/h2-7,14H,12H2,1H3. The van der Waals surface area contributed by atoms with E-state index in [2.05, 4.69) is 0 Å². The molecule has 72 valence electrons. The lowest BCUT2D eigenvalue weighted by molar-refractivity contribution is 0.477. The molecule has 3 nitrogen and oxygen atoms in total. The Morgan fingerprint density at radius 3 is 2.43 bits per heavy atom. The third-order valence-electron chi connectivity index (χ3n) is 2.18. The molecule has 0 amide bonds. The van der Waals surface area contributed by atoms with Crippen LogP contribution in [-0.2, 0) is 7.05 Å². The van der Waals surface area contributed by atoms with E-state index in [4.69, 9.17) is 5.73 Å². The van der Waals surface area contributed by atoms with Gasteiger partial charge in [-0.25, -0.2) is 0 Å². The van der Waals surface area contributed by atoms with Gasteiger partial charge in [-0.2, -0.15) is 0 Å². The van der Waals surface area contributed by atoms with E-state index in [0.717, 1.165) is 11.1 Å². The molecule has 1 heterocycles. The molecule has 0 spiro atoms. The Kier molecular flexibility index (Phi) is 1.93. The maximum absolute atomic E-state index is 9.63. The van der Waals surface area contributed by atoms with Crippen molar-refractivity contribution in [1.29, 1.82) is 0 Å². The Morgan fingerprint density at radius 1 is 1.14 bits per heavy atom. The molecule has 2 aromatic rings.